The van der Waals surface area contributed by atoms with Gasteiger partial charge < -0.3 is 18.6 Å². The minimum Gasteiger partial charge on any atom is -0.399 e. The van der Waals surface area contributed by atoms with Crippen molar-refractivity contribution in [2.45, 2.75) is 77.8 Å². The maximum atomic E-state index is 6.50. The van der Waals surface area contributed by atoms with Gasteiger partial charge in [0.15, 0.2) is 0 Å². The molecule has 0 aliphatic carbocycles. The quantitative estimate of drug-likeness (QED) is 0.123. The van der Waals surface area contributed by atoms with Crippen LogP contribution in [-0.4, -0.2) is 36.6 Å². The molecule has 12 rings (SSSR count). The molecular formula is C64H56B2Br2O4. The lowest BCUT2D eigenvalue weighted by atomic mass is 9.74. The van der Waals surface area contributed by atoms with Crippen molar-refractivity contribution in [2.75, 3.05) is 0 Å². The van der Waals surface area contributed by atoms with Gasteiger partial charge in [0.05, 0.1) is 22.4 Å². The van der Waals surface area contributed by atoms with Crippen LogP contribution >= 0.6 is 31.9 Å². The molecule has 4 nitrogen and oxygen atoms in total. The molecule has 0 amide bonds. The summed E-state index contributed by atoms with van der Waals surface area (Å²) in [6, 6.07) is 69.2. The largest absolute Gasteiger partial charge is 0.494 e. The van der Waals surface area contributed by atoms with Crippen LogP contribution in [0.3, 0.4) is 0 Å². The molecule has 2 aliphatic heterocycles. The summed E-state index contributed by atoms with van der Waals surface area (Å²) in [5, 5.41) is 9.72. The van der Waals surface area contributed by atoms with Crippen LogP contribution in [0.5, 0.6) is 0 Å². The maximum Gasteiger partial charge on any atom is 0.494 e. The third kappa shape index (κ3) is 8.64. The van der Waals surface area contributed by atoms with Gasteiger partial charge in [0.1, 0.15) is 0 Å². The summed E-state index contributed by atoms with van der Waals surface area (Å²) in [6.45, 7) is 16.8. The standard InChI is InChI=1S/C38H40B2O4.C26H16Br2/c1-35(2)36(3,4)42-39(41-35)27-19-21-29-31(23-27)33(25-15-11-9-12-16-25)30-22-20-28(40-43-37(5,6)38(7,8)44-40)24-32(30)34(29)26-17-13-10-14-18-26;27-19-12-14-22-23(15-19)25(17-7-3-1-4-8-17)21-13-11-20(28)16-24(21)26(22)18-9-5-2-6-10-18/h9-24H,1-8H3;1-16H. The predicted octanol–water partition coefficient (Wildman–Crippen LogP) is 16.8. The monoisotopic (exact) mass is 1070 g/mol. The van der Waals surface area contributed by atoms with E-state index in [4.69, 9.17) is 18.6 Å². The first kappa shape index (κ1) is 48.4. The molecule has 72 heavy (non-hydrogen) atoms. The molecule has 0 aromatic heterocycles. The molecular weight excluding hydrogens is 1010 g/mol. The van der Waals surface area contributed by atoms with Crippen LogP contribution < -0.4 is 10.9 Å². The van der Waals surface area contributed by atoms with E-state index in [0.717, 1.165) is 41.8 Å². The molecule has 0 N–H and O–H groups in total. The van der Waals surface area contributed by atoms with E-state index >= 15 is 0 Å². The molecule has 0 bridgehead atoms. The third-order valence-electron chi connectivity index (χ3n) is 15.5. The first-order valence-electron chi connectivity index (χ1n) is 24.8. The van der Waals surface area contributed by atoms with Crippen molar-refractivity contribution in [1.29, 1.82) is 0 Å². The summed E-state index contributed by atoms with van der Waals surface area (Å²) in [7, 11) is -0.899. The molecule has 10 aromatic carbocycles. The Balaban J connectivity index is 0.000000172. The van der Waals surface area contributed by atoms with Gasteiger partial charge in [0.25, 0.3) is 0 Å². The molecule has 2 saturated heterocycles. The Bertz CT molecular complexity index is 3400. The molecule has 0 spiro atoms. The Morgan fingerprint density at radius 3 is 0.778 bits per heavy atom. The second-order valence-electron chi connectivity index (χ2n) is 21.1. The lowest BCUT2D eigenvalue weighted by molar-refractivity contribution is 0.00578. The van der Waals surface area contributed by atoms with Crippen molar-refractivity contribution in [1.82, 2.24) is 0 Å². The van der Waals surface area contributed by atoms with E-state index in [-0.39, 0.29) is 0 Å². The Morgan fingerprint density at radius 2 is 0.514 bits per heavy atom. The van der Waals surface area contributed by atoms with Gasteiger partial charge in [-0.1, -0.05) is 202 Å². The van der Waals surface area contributed by atoms with Crippen molar-refractivity contribution in [3.8, 4) is 44.5 Å². The minimum absolute atomic E-state index is 0.419. The highest BCUT2D eigenvalue weighted by molar-refractivity contribution is 9.10. The number of rotatable bonds is 6. The van der Waals surface area contributed by atoms with Crippen LogP contribution in [0, 0.1) is 0 Å². The summed E-state index contributed by atoms with van der Waals surface area (Å²) in [4.78, 5) is 0. The smallest absolute Gasteiger partial charge is 0.399 e. The first-order chi connectivity index (χ1) is 34.5. The van der Waals surface area contributed by atoms with Crippen molar-refractivity contribution in [3.05, 3.63) is 203 Å². The highest BCUT2D eigenvalue weighted by Crippen LogP contribution is 2.47. The van der Waals surface area contributed by atoms with Gasteiger partial charge in [0, 0.05) is 8.95 Å². The van der Waals surface area contributed by atoms with E-state index in [2.05, 4.69) is 281 Å². The van der Waals surface area contributed by atoms with Crippen LogP contribution in [0.15, 0.2) is 203 Å². The summed E-state index contributed by atoms with van der Waals surface area (Å²) in [5.74, 6) is 0. The fourth-order valence-corrected chi connectivity index (χ4v) is 11.1. The second-order valence-corrected chi connectivity index (χ2v) is 23.0. The predicted molar refractivity (Wildman–Crippen MR) is 311 cm³/mol. The molecule has 0 radical (unpaired) electrons. The van der Waals surface area contributed by atoms with Crippen molar-refractivity contribution >= 4 is 100 Å². The Hall–Kier alpha value is -5.83. The van der Waals surface area contributed by atoms with Crippen LogP contribution in [-0.2, 0) is 18.6 Å². The second kappa shape index (κ2) is 18.6. The van der Waals surface area contributed by atoms with Crippen molar-refractivity contribution < 1.29 is 18.6 Å². The van der Waals surface area contributed by atoms with E-state index in [0.29, 0.717) is 0 Å². The average Bonchev–Trinajstić information content (AvgIpc) is 3.74. The fourth-order valence-electron chi connectivity index (χ4n) is 10.4. The van der Waals surface area contributed by atoms with E-state index in [1.165, 1.54) is 65.7 Å². The molecule has 8 heteroatoms. The average molecular weight is 1070 g/mol. The molecule has 2 fully saturated rings. The highest BCUT2D eigenvalue weighted by atomic mass is 79.9. The fraction of sp³-hybridized carbons (Fsp3) is 0.188. The number of hydrogen-bond donors (Lipinski definition) is 0. The molecule has 10 aromatic rings. The van der Waals surface area contributed by atoms with Crippen LogP contribution in [0.25, 0.3) is 87.6 Å². The van der Waals surface area contributed by atoms with E-state index in [1.807, 2.05) is 0 Å². The highest BCUT2D eigenvalue weighted by Gasteiger charge is 2.53. The van der Waals surface area contributed by atoms with Gasteiger partial charge in [-0.2, -0.15) is 0 Å². The number of hydrogen-bond acceptors (Lipinski definition) is 4. The van der Waals surface area contributed by atoms with Gasteiger partial charge in [0.2, 0.25) is 0 Å². The number of benzene rings is 10. The Morgan fingerprint density at radius 1 is 0.278 bits per heavy atom. The van der Waals surface area contributed by atoms with Crippen LogP contribution in [0.4, 0.5) is 0 Å². The van der Waals surface area contributed by atoms with Gasteiger partial charge in [-0.3, -0.25) is 0 Å². The maximum absolute atomic E-state index is 6.50. The van der Waals surface area contributed by atoms with E-state index in [1.54, 1.807) is 0 Å². The van der Waals surface area contributed by atoms with Crippen molar-refractivity contribution in [2.24, 2.45) is 0 Å². The van der Waals surface area contributed by atoms with Gasteiger partial charge in [-0.25, -0.2) is 0 Å². The lowest BCUT2D eigenvalue weighted by Crippen LogP contribution is -2.41. The van der Waals surface area contributed by atoms with Crippen molar-refractivity contribution in [3.63, 3.8) is 0 Å². The molecule has 2 heterocycles. The lowest BCUT2D eigenvalue weighted by Gasteiger charge is -2.32. The van der Waals surface area contributed by atoms with E-state index in [9.17, 15) is 0 Å². The van der Waals surface area contributed by atoms with Crippen LogP contribution in [0.1, 0.15) is 55.4 Å². The SMILES string of the molecule is Brc1ccc2c(-c3ccccc3)c3cc(Br)ccc3c(-c3ccccc3)c2c1.CC1(C)OB(c2ccc3c(-c4ccccc4)c4cc(B5OC(C)(C)C(C)(C)O5)ccc4c(-c4ccccc4)c3c2)OC1(C)C. The Kier molecular flexibility index (Phi) is 12.5. The first-order valence-corrected chi connectivity index (χ1v) is 26.4. The number of halogens is 2. The molecule has 0 atom stereocenters. The third-order valence-corrected chi connectivity index (χ3v) is 16.5. The zero-order chi connectivity index (χ0) is 50.2. The summed E-state index contributed by atoms with van der Waals surface area (Å²) >= 11 is 7.38. The topological polar surface area (TPSA) is 36.9 Å². The zero-order valence-electron chi connectivity index (χ0n) is 42.0. The normalized spacial score (nSPS) is 16.6. The van der Waals surface area contributed by atoms with E-state index < -0.39 is 36.6 Å². The van der Waals surface area contributed by atoms with Gasteiger partial charge in [-0.15, -0.1) is 0 Å². The summed E-state index contributed by atoms with van der Waals surface area (Å²) < 4.78 is 28.2. The number of fused-ring (bicyclic) bond motifs is 4. The molecule has 356 valence electrons. The molecule has 0 saturated carbocycles. The van der Waals surface area contributed by atoms with Gasteiger partial charge in [-0.05, 0) is 178 Å². The molecule has 2 aliphatic rings. The zero-order valence-corrected chi connectivity index (χ0v) is 45.2. The minimum atomic E-state index is -0.449. The molecule has 0 unspecified atom stereocenters. The Labute approximate surface area is 441 Å². The summed E-state index contributed by atoms with van der Waals surface area (Å²) in [6.07, 6.45) is 0. The van der Waals surface area contributed by atoms with Crippen LogP contribution in [0.2, 0.25) is 0 Å². The van der Waals surface area contributed by atoms with Gasteiger partial charge >= 0.3 is 14.2 Å². The summed E-state index contributed by atoms with van der Waals surface area (Å²) in [5.41, 5.74) is 10.1.